The van der Waals surface area contributed by atoms with E-state index in [1.165, 1.54) is 24.2 Å². The fraction of sp³-hybridized carbons (Fsp3) is 0.462. The Balaban J connectivity index is 1.75. The normalized spacial score (nSPS) is 15.5. The van der Waals surface area contributed by atoms with Crippen LogP contribution in [-0.4, -0.2) is 24.4 Å². The number of rotatable bonds is 7. The van der Waals surface area contributed by atoms with Gasteiger partial charge in [0.15, 0.2) is 0 Å². The van der Waals surface area contributed by atoms with Crippen molar-refractivity contribution in [2.45, 2.75) is 43.8 Å². The number of H-pyrrole nitrogens is 1. The van der Waals surface area contributed by atoms with Crippen LogP contribution in [0.1, 0.15) is 29.1 Å². The topological polar surface area (TPSA) is 86.9 Å². The van der Waals surface area contributed by atoms with E-state index in [0.29, 0.717) is 23.3 Å². The molecular formula is C13H18N4O2S2. The molecule has 0 aromatic carbocycles. The third-order valence-electron chi connectivity index (χ3n) is 3.37. The number of imidazole rings is 1. The number of thiophene rings is 1. The number of sulfonamides is 1. The maximum absolute atomic E-state index is 12.5. The van der Waals surface area contributed by atoms with Crippen molar-refractivity contribution in [1.29, 1.82) is 0 Å². The van der Waals surface area contributed by atoms with Gasteiger partial charge in [0.1, 0.15) is 10.7 Å². The smallest absolute Gasteiger partial charge is 0.242 e. The number of aromatic nitrogens is 2. The summed E-state index contributed by atoms with van der Waals surface area (Å²) in [7, 11) is -3.52. The van der Waals surface area contributed by atoms with Gasteiger partial charge in [-0.3, -0.25) is 0 Å². The van der Waals surface area contributed by atoms with Gasteiger partial charge in [0.25, 0.3) is 0 Å². The minimum atomic E-state index is -3.52. The van der Waals surface area contributed by atoms with Crippen LogP contribution >= 0.6 is 11.3 Å². The summed E-state index contributed by atoms with van der Waals surface area (Å²) >= 11 is 1.49. The monoisotopic (exact) mass is 326 g/mol. The van der Waals surface area contributed by atoms with Gasteiger partial charge < -0.3 is 10.3 Å². The zero-order valence-electron chi connectivity index (χ0n) is 11.7. The molecule has 1 aliphatic carbocycles. The molecule has 3 N–H and O–H groups in total. The van der Waals surface area contributed by atoms with Gasteiger partial charge in [-0.25, -0.2) is 18.1 Å². The second-order valence-electron chi connectivity index (χ2n) is 5.19. The Hall–Kier alpha value is -1.22. The fourth-order valence-corrected chi connectivity index (χ4v) is 4.87. The molecule has 114 valence electrons. The Morgan fingerprint density at radius 3 is 2.90 bits per heavy atom. The molecule has 2 heterocycles. The van der Waals surface area contributed by atoms with Gasteiger partial charge in [0.2, 0.25) is 10.0 Å². The fourth-order valence-electron chi connectivity index (χ4n) is 2.12. The summed E-state index contributed by atoms with van der Waals surface area (Å²) in [6.07, 6.45) is 5.64. The van der Waals surface area contributed by atoms with Gasteiger partial charge in [-0.15, -0.1) is 11.3 Å². The molecule has 0 radical (unpaired) electrons. The van der Waals surface area contributed by atoms with Gasteiger partial charge in [0.05, 0.1) is 6.54 Å². The highest BCUT2D eigenvalue weighted by molar-refractivity contribution is 7.89. The SMILES string of the molecule is Cc1csc(CNC2CC2)c1S(=O)(=O)NCc1ncc[nH]1. The summed E-state index contributed by atoms with van der Waals surface area (Å²) in [5.41, 5.74) is 0.791. The molecule has 2 aromatic heterocycles. The summed E-state index contributed by atoms with van der Waals surface area (Å²) in [5.74, 6) is 0.601. The highest BCUT2D eigenvalue weighted by Gasteiger charge is 2.25. The van der Waals surface area contributed by atoms with Crippen molar-refractivity contribution in [3.63, 3.8) is 0 Å². The van der Waals surface area contributed by atoms with Crippen LogP contribution in [0.4, 0.5) is 0 Å². The highest BCUT2D eigenvalue weighted by Crippen LogP contribution is 2.28. The molecule has 21 heavy (non-hydrogen) atoms. The van der Waals surface area contributed by atoms with Gasteiger partial charge in [-0.1, -0.05) is 0 Å². The van der Waals surface area contributed by atoms with Gasteiger partial charge in [0, 0.05) is 29.9 Å². The average Bonchev–Trinajstić information content (AvgIpc) is 2.97. The highest BCUT2D eigenvalue weighted by atomic mass is 32.2. The summed E-state index contributed by atoms with van der Waals surface area (Å²) in [6.45, 7) is 2.61. The van der Waals surface area contributed by atoms with Crippen molar-refractivity contribution in [1.82, 2.24) is 20.0 Å². The number of hydrogen-bond acceptors (Lipinski definition) is 5. The van der Waals surface area contributed by atoms with Crippen molar-refractivity contribution < 1.29 is 8.42 Å². The molecule has 0 saturated heterocycles. The molecular weight excluding hydrogens is 308 g/mol. The first-order valence-corrected chi connectivity index (χ1v) is 9.21. The summed E-state index contributed by atoms with van der Waals surface area (Å²) in [6, 6.07) is 0.555. The van der Waals surface area contributed by atoms with E-state index < -0.39 is 10.0 Å². The van der Waals surface area contributed by atoms with Crippen LogP contribution in [0.15, 0.2) is 22.7 Å². The van der Waals surface area contributed by atoms with Gasteiger partial charge in [-0.2, -0.15) is 0 Å². The molecule has 1 fully saturated rings. The predicted octanol–water partition coefficient (Wildman–Crippen LogP) is 1.51. The standard InChI is InChI=1S/C13H18N4O2S2/c1-9-8-20-11(6-16-10-2-3-10)13(9)21(18,19)17-7-12-14-4-5-15-12/h4-5,8,10,16-17H,2-3,6-7H2,1H3,(H,14,15). The Morgan fingerprint density at radius 1 is 1.43 bits per heavy atom. The van der Waals surface area contributed by atoms with E-state index in [-0.39, 0.29) is 6.54 Å². The maximum atomic E-state index is 12.5. The van der Waals surface area contributed by atoms with Crippen LogP contribution in [-0.2, 0) is 23.1 Å². The Labute approximate surface area is 128 Å². The van der Waals surface area contributed by atoms with Crippen LogP contribution in [0.5, 0.6) is 0 Å². The van der Waals surface area contributed by atoms with Crippen molar-refractivity contribution in [2.75, 3.05) is 0 Å². The molecule has 0 amide bonds. The quantitative estimate of drug-likeness (QED) is 0.720. The van der Waals surface area contributed by atoms with Crippen LogP contribution in [0.3, 0.4) is 0 Å². The number of nitrogens with zero attached hydrogens (tertiary/aromatic N) is 1. The molecule has 0 spiro atoms. The molecule has 1 saturated carbocycles. The van der Waals surface area contributed by atoms with E-state index in [4.69, 9.17) is 0 Å². The van der Waals surface area contributed by atoms with Crippen LogP contribution in [0, 0.1) is 6.92 Å². The first kappa shape index (κ1) is 14.7. The number of nitrogens with one attached hydrogen (secondary N) is 3. The Bertz CT molecular complexity index is 703. The Morgan fingerprint density at radius 2 is 2.24 bits per heavy atom. The van der Waals surface area contributed by atoms with Crippen molar-refractivity contribution in [3.05, 3.63) is 34.0 Å². The lowest BCUT2D eigenvalue weighted by atomic mass is 10.3. The predicted molar refractivity (Wildman–Crippen MR) is 81.5 cm³/mol. The zero-order chi connectivity index (χ0) is 14.9. The largest absolute Gasteiger partial charge is 0.347 e. The first-order chi connectivity index (χ1) is 10.1. The molecule has 0 atom stereocenters. The van der Waals surface area contributed by atoms with Crippen molar-refractivity contribution in [3.8, 4) is 0 Å². The van der Waals surface area contributed by atoms with E-state index in [9.17, 15) is 8.42 Å². The molecule has 2 aromatic rings. The van der Waals surface area contributed by atoms with Crippen molar-refractivity contribution in [2.24, 2.45) is 0 Å². The zero-order valence-corrected chi connectivity index (χ0v) is 13.4. The van der Waals surface area contributed by atoms with E-state index in [2.05, 4.69) is 20.0 Å². The van der Waals surface area contributed by atoms with Gasteiger partial charge >= 0.3 is 0 Å². The Kier molecular flexibility index (Phi) is 4.12. The third kappa shape index (κ3) is 3.52. The number of hydrogen-bond donors (Lipinski definition) is 3. The minimum Gasteiger partial charge on any atom is -0.347 e. The molecule has 0 bridgehead atoms. The minimum absolute atomic E-state index is 0.167. The first-order valence-electron chi connectivity index (χ1n) is 6.84. The van der Waals surface area contributed by atoms with Crippen LogP contribution in [0.25, 0.3) is 0 Å². The van der Waals surface area contributed by atoms with E-state index >= 15 is 0 Å². The average molecular weight is 326 g/mol. The number of aryl methyl sites for hydroxylation is 1. The maximum Gasteiger partial charge on any atom is 0.242 e. The lowest BCUT2D eigenvalue weighted by Crippen LogP contribution is -2.26. The van der Waals surface area contributed by atoms with E-state index in [0.717, 1.165) is 10.4 Å². The van der Waals surface area contributed by atoms with E-state index in [1.807, 2.05) is 12.3 Å². The lowest BCUT2D eigenvalue weighted by molar-refractivity contribution is 0.577. The molecule has 8 heteroatoms. The molecule has 0 unspecified atom stereocenters. The molecule has 0 aliphatic heterocycles. The molecule has 1 aliphatic rings. The van der Waals surface area contributed by atoms with E-state index in [1.54, 1.807) is 12.4 Å². The van der Waals surface area contributed by atoms with Crippen LogP contribution < -0.4 is 10.0 Å². The van der Waals surface area contributed by atoms with Gasteiger partial charge in [-0.05, 0) is 30.7 Å². The van der Waals surface area contributed by atoms with Crippen molar-refractivity contribution >= 4 is 21.4 Å². The second-order valence-corrected chi connectivity index (χ2v) is 7.85. The second kappa shape index (κ2) is 5.88. The molecule has 6 nitrogen and oxygen atoms in total. The summed E-state index contributed by atoms with van der Waals surface area (Å²) in [4.78, 5) is 8.18. The summed E-state index contributed by atoms with van der Waals surface area (Å²) in [5, 5.41) is 5.26. The van der Waals surface area contributed by atoms with Crippen LogP contribution in [0.2, 0.25) is 0 Å². The third-order valence-corrected chi connectivity index (χ3v) is 6.24. The summed E-state index contributed by atoms with van der Waals surface area (Å²) < 4.78 is 27.6. The number of aromatic amines is 1. The molecule has 3 rings (SSSR count). The lowest BCUT2D eigenvalue weighted by Gasteiger charge is -2.09.